The number of nitrogens with one attached hydrogen (secondary N) is 1. The molecule has 0 atom stereocenters. The summed E-state index contributed by atoms with van der Waals surface area (Å²) in [5, 5.41) is 16.0. The Labute approximate surface area is 163 Å². The van der Waals surface area contributed by atoms with E-state index in [-0.39, 0.29) is 13.2 Å². The van der Waals surface area contributed by atoms with Crippen molar-refractivity contribution in [1.29, 1.82) is 0 Å². The van der Waals surface area contributed by atoms with Crippen molar-refractivity contribution in [3.8, 4) is 0 Å². The lowest BCUT2D eigenvalue weighted by Gasteiger charge is -2.22. The third kappa shape index (κ3) is 7.46. The molecule has 2 aromatic carbocycles. The van der Waals surface area contributed by atoms with Crippen molar-refractivity contribution in [2.75, 3.05) is 13.2 Å². The summed E-state index contributed by atoms with van der Waals surface area (Å²) in [6.07, 6.45) is 1.59. The van der Waals surface area contributed by atoms with Gasteiger partial charge < -0.3 is 15.3 Å². The average Bonchev–Trinajstić information content (AvgIpc) is 2.71. The lowest BCUT2D eigenvalue weighted by atomic mass is 10.1. The third-order valence-electron chi connectivity index (χ3n) is 3.56. The monoisotopic (exact) mass is 385 g/mol. The maximum atomic E-state index is 12.3. The van der Waals surface area contributed by atoms with Crippen LogP contribution in [0.1, 0.15) is 23.6 Å². The summed E-state index contributed by atoms with van der Waals surface area (Å²) in [5.41, 5.74) is 2.55. The number of carbonyl (C=O) groups excluding carboxylic acids is 1. The molecule has 148 valence electrons. The Bertz CT molecular complexity index is 778. The number of oxime groups is 1. The number of amides is 2. The molecule has 2 amide bonds. The van der Waals surface area contributed by atoms with E-state index in [1.165, 1.54) is 0 Å². The summed E-state index contributed by atoms with van der Waals surface area (Å²) in [6, 6.07) is 16.1. The van der Waals surface area contributed by atoms with Gasteiger partial charge in [-0.15, -0.1) is 0 Å². The highest BCUT2D eigenvalue weighted by Gasteiger charge is 2.16. The quantitative estimate of drug-likeness (QED) is 0.484. The zero-order chi connectivity index (χ0) is 20.2. The fourth-order valence-electron chi connectivity index (χ4n) is 2.19. The van der Waals surface area contributed by atoms with Gasteiger partial charge in [-0.25, -0.2) is 4.79 Å². The molecule has 0 aliphatic rings. The number of hydrogen-bond donors (Lipinski definition) is 2. The van der Waals surface area contributed by atoms with Gasteiger partial charge in [-0.2, -0.15) is 5.06 Å². The lowest BCUT2D eigenvalue weighted by molar-refractivity contribution is -0.140. The van der Waals surface area contributed by atoms with Gasteiger partial charge in [0.15, 0.2) is 0 Å². The maximum absolute atomic E-state index is 12.3. The van der Waals surface area contributed by atoms with Crippen molar-refractivity contribution in [2.45, 2.75) is 20.1 Å². The van der Waals surface area contributed by atoms with Gasteiger partial charge in [0, 0.05) is 0 Å². The van der Waals surface area contributed by atoms with Gasteiger partial charge in [-0.1, -0.05) is 59.8 Å². The zero-order valence-corrected chi connectivity index (χ0v) is 15.6. The molecule has 0 radical (unpaired) electrons. The van der Waals surface area contributed by atoms with Gasteiger partial charge in [0.25, 0.3) is 0 Å². The number of aliphatic carboxylic acids is 1. The Morgan fingerprint density at radius 3 is 2.46 bits per heavy atom. The van der Waals surface area contributed by atoms with Gasteiger partial charge in [0.2, 0.25) is 0 Å². The molecular formula is C20H23N3O5. The molecule has 0 aliphatic heterocycles. The SMILES string of the molecule is CCON=Cc1ccc(CN(OCc2ccccc2)C(=O)NCC(=O)O)cc1. The van der Waals surface area contributed by atoms with Crippen molar-refractivity contribution >= 4 is 18.2 Å². The van der Waals surface area contributed by atoms with E-state index < -0.39 is 18.5 Å². The van der Waals surface area contributed by atoms with Crippen LogP contribution in [0.2, 0.25) is 0 Å². The smallest absolute Gasteiger partial charge is 0.342 e. The van der Waals surface area contributed by atoms with Crippen LogP contribution in [0.3, 0.4) is 0 Å². The number of carboxylic acid groups (broad SMARTS) is 1. The van der Waals surface area contributed by atoms with Crippen LogP contribution >= 0.6 is 0 Å². The molecule has 0 saturated carbocycles. The molecule has 8 nitrogen and oxygen atoms in total. The van der Waals surface area contributed by atoms with Crippen molar-refractivity contribution in [3.63, 3.8) is 0 Å². The van der Waals surface area contributed by atoms with Crippen LogP contribution in [0.15, 0.2) is 59.8 Å². The van der Waals surface area contributed by atoms with Crippen LogP contribution in [-0.4, -0.2) is 41.5 Å². The Morgan fingerprint density at radius 1 is 1.11 bits per heavy atom. The number of urea groups is 1. The number of nitrogens with zero attached hydrogens (tertiary/aromatic N) is 2. The molecule has 28 heavy (non-hydrogen) atoms. The second-order valence-electron chi connectivity index (χ2n) is 5.74. The van der Waals surface area contributed by atoms with Gasteiger partial charge in [0.05, 0.1) is 12.8 Å². The fraction of sp³-hybridized carbons (Fsp3) is 0.250. The van der Waals surface area contributed by atoms with E-state index in [2.05, 4.69) is 10.5 Å². The van der Waals surface area contributed by atoms with Crippen molar-refractivity contribution in [2.24, 2.45) is 5.16 Å². The Hall–Kier alpha value is -3.39. The van der Waals surface area contributed by atoms with Gasteiger partial charge in [-0.3, -0.25) is 9.63 Å². The summed E-state index contributed by atoms with van der Waals surface area (Å²) in [4.78, 5) is 33.6. The molecule has 8 heteroatoms. The first-order valence-electron chi connectivity index (χ1n) is 8.76. The minimum absolute atomic E-state index is 0.154. The van der Waals surface area contributed by atoms with Crippen LogP contribution in [0.5, 0.6) is 0 Å². The molecule has 0 heterocycles. The van der Waals surface area contributed by atoms with E-state index in [4.69, 9.17) is 14.8 Å². The first-order valence-corrected chi connectivity index (χ1v) is 8.76. The summed E-state index contributed by atoms with van der Waals surface area (Å²) in [6.45, 7) is 2.19. The predicted octanol–water partition coefficient (Wildman–Crippen LogP) is 2.79. The molecular weight excluding hydrogens is 362 g/mol. The first kappa shape index (κ1) is 20.9. The van der Waals surface area contributed by atoms with E-state index in [9.17, 15) is 9.59 Å². The van der Waals surface area contributed by atoms with Crippen molar-refractivity contribution in [1.82, 2.24) is 10.4 Å². The van der Waals surface area contributed by atoms with Crippen LogP contribution in [0.4, 0.5) is 4.79 Å². The summed E-state index contributed by atoms with van der Waals surface area (Å²) >= 11 is 0. The van der Waals surface area contributed by atoms with Crippen LogP contribution in [0, 0.1) is 0 Å². The minimum Gasteiger partial charge on any atom is -0.480 e. The Kier molecular flexibility index (Phi) is 8.48. The highest BCUT2D eigenvalue weighted by atomic mass is 16.7. The molecule has 0 bridgehead atoms. The Balaban J connectivity index is 2.02. The predicted molar refractivity (Wildman–Crippen MR) is 103 cm³/mol. The summed E-state index contributed by atoms with van der Waals surface area (Å²) in [5.74, 6) is -1.13. The molecule has 0 aromatic heterocycles. The van der Waals surface area contributed by atoms with Crippen LogP contribution in [-0.2, 0) is 27.6 Å². The molecule has 2 rings (SSSR count). The second kappa shape index (κ2) is 11.3. The van der Waals surface area contributed by atoms with Crippen molar-refractivity contribution in [3.05, 3.63) is 71.3 Å². The number of carbonyl (C=O) groups is 2. The number of benzene rings is 2. The molecule has 0 aliphatic carbocycles. The fourth-order valence-corrected chi connectivity index (χ4v) is 2.19. The normalized spacial score (nSPS) is 10.6. The third-order valence-corrected chi connectivity index (χ3v) is 3.56. The molecule has 0 unspecified atom stereocenters. The van der Waals surface area contributed by atoms with E-state index in [1.54, 1.807) is 6.21 Å². The lowest BCUT2D eigenvalue weighted by Crippen LogP contribution is -2.41. The van der Waals surface area contributed by atoms with Gasteiger partial charge in [-0.05, 0) is 23.6 Å². The maximum Gasteiger partial charge on any atom is 0.342 e. The van der Waals surface area contributed by atoms with E-state index in [1.807, 2.05) is 61.5 Å². The highest BCUT2D eigenvalue weighted by molar-refractivity contribution is 5.80. The van der Waals surface area contributed by atoms with Gasteiger partial charge >= 0.3 is 12.0 Å². The average molecular weight is 385 g/mol. The summed E-state index contributed by atoms with van der Waals surface area (Å²) in [7, 11) is 0. The number of hydrogen-bond acceptors (Lipinski definition) is 5. The highest BCUT2D eigenvalue weighted by Crippen LogP contribution is 2.10. The summed E-state index contributed by atoms with van der Waals surface area (Å²) < 4.78 is 0. The van der Waals surface area contributed by atoms with Crippen LogP contribution in [0.25, 0.3) is 0 Å². The van der Waals surface area contributed by atoms with Gasteiger partial charge in [0.1, 0.15) is 19.8 Å². The molecule has 0 saturated heterocycles. The topological polar surface area (TPSA) is 100 Å². The van der Waals surface area contributed by atoms with Crippen molar-refractivity contribution < 1.29 is 24.4 Å². The molecule has 2 aromatic rings. The van der Waals surface area contributed by atoms with E-state index in [0.29, 0.717) is 6.61 Å². The Morgan fingerprint density at radius 2 is 1.82 bits per heavy atom. The standard InChI is InChI=1S/C20H23N3O5/c1-2-27-22-12-16-8-10-17(11-9-16)14-23(20(26)21-13-19(24)25)28-15-18-6-4-3-5-7-18/h3-12H,2,13-15H2,1H3,(H,21,26)(H,24,25). The molecule has 2 N–H and O–H groups in total. The zero-order valence-electron chi connectivity index (χ0n) is 15.6. The minimum atomic E-state index is -1.13. The molecule has 0 fully saturated rings. The number of carboxylic acids is 1. The first-order chi connectivity index (χ1) is 13.6. The number of hydroxylamine groups is 2. The second-order valence-corrected chi connectivity index (χ2v) is 5.74. The number of rotatable bonds is 10. The van der Waals surface area contributed by atoms with Crippen LogP contribution < -0.4 is 5.32 Å². The van der Waals surface area contributed by atoms with E-state index >= 15 is 0 Å². The van der Waals surface area contributed by atoms with E-state index in [0.717, 1.165) is 21.8 Å². The largest absolute Gasteiger partial charge is 0.480 e. The molecule has 0 spiro atoms.